The number of alkyl halides is 13. The number of nitrogens with one attached hydrogen (secondary N) is 1. The smallest absolute Gasteiger partial charge is 0.435 e. The van der Waals surface area contributed by atoms with Gasteiger partial charge in [0, 0.05) is 23.1 Å². The lowest BCUT2D eigenvalue weighted by Crippen LogP contribution is -2.69. The fourth-order valence-corrected chi connectivity index (χ4v) is 11.8. The van der Waals surface area contributed by atoms with Crippen molar-refractivity contribution in [2.45, 2.75) is 130 Å². The summed E-state index contributed by atoms with van der Waals surface area (Å²) < 4.78 is 190. The third-order valence-corrected chi connectivity index (χ3v) is 14.9. The molecule has 0 bridgehead atoms. The molecule has 1 aromatic carbocycles. The van der Waals surface area contributed by atoms with Crippen LogP contribution in [-0.2, 0) is 15.8 Å². The van der Waals surface area contributed by atoms with Crippen LogP contribution in [0, 0.1) is 17.3 Å². The minimum atomic E-state index is -7.34. The standard InChI is InChI=1S/C34H41BF13NO3S2/c1-28-12-11-24-23-8-5-20(50-13-2-14-53-54-22-6-4-21(16-22)52-35)15-19(23)3-7-25(24)26(28)9-10-27(28)49-17-29(36,37)30(38,39)18-51-31(32(40,41)42,33(43,44)45)34(46,47)48/h5,8,15,21-22,24-27,49H,2-4,6-7,9-14,16-18H2,1H3/t21?,22?,24?,25?,26?,27-,28-/m0/s1. The summed E-state index contributed by atoms with van der Waals surface area (Å²) in [7, 11) is 8.94. The molecule has 0 saturated heterocycles. The topological polar surface area (TPSA) is 39.7 Å². The Bertz CT molecular complexity index is 1400. The molecule has 0 aliphatic heterocycles. The van der Waals surface area contributed by atoms with Crippen LogP contribution in [0.5, 0.6) is 5.75 Å². The van der Waals surface area contributed by atoms with Crippen LogP contribution in [0.2, 0.25) is 0 Å². The molecule has 306 valence electrons. The van der Waals surface area contributed by atoms with Crippen LogP contribution >= 0.6 is 21.6 Å². The molecule has 5 unspecified atom stereocenters. The first-order valence-electron chi connectivity index (χ1n) is 17.7. The van der Waals surface area contributed by atoms with E-state index in [1.165, 1.54) is 5.56 Å². The van der Waals surface area contributed by atoms with Crippen LogP contribution in [0.3, 0.4) is 0 Å². The number of benzene rings is 1. The number of rotatable bonds is 15. The minimum Gasteiger partial charge on any atom is -0.494 e. The van der Waals surface area contributed by atoms with Gasteiger partial charge in [-0.1, -0.05) is 34.6 Å². The number of fused-ring (bicyclic) bond motifs is 5. The summed E-state index contributed by atoms with van der Waals surface area (Å²) in [4.78, 5) is 0. The molecule has 0 heterocycles. The van der Waals surface area contributed by atoms with Crippen LogP contribution in [0.4, 0.5) is 57.1 Å². The quantitative estimate of drug-likeness (QED) is 0.0822. The lowest BCUT2D eigenvalue weighted by Gasteiger charge is -2.51. The monoisotopic (exact) mass is 833 g/mol. The van der Waals surface area contributed by atoms with E-state index in [0.29, 0.717) is 31.1 Å². The Balaban J connectivity index is 1.14. The summed E-state index contributed by atoms with van der Waals surface area (Å²) in [5.74, 6) is -9.21. The predicted octanol–water partition coefficient (Wildman–Crippen LogP) is 10.4. The highest BCUT2D eigenvalue weighted by molar-refractivity contribution is 8.76. The van der Waals surface area contributed by atoms with Gasteiger partial charge in [-0.25, -0.2) is 0 Å². The van der Waals surface area contributed by atoms with E-state index < -0.39 is 60.6 Å². The van der Waals surface area contributed by atoms with E-state index in [1.54, 1.807) is 0 Å². The summed E-state index contributed by atoms with van der Waals surface area (Å²) in [5, 5.41) is 2.88. The van der Waals surface area contributed by atoms with Gasteiger partial charge in [0.25, 0.3) is 8.05 Å². The van der Waals surface area contributed by atoms with Gasteiger partial charge in [-0.15, -0.1) is 0 Å². The molecule has 7 atom stereocenters. The summed E-state index contributed by atoms with van der Waals surface area (Å²) in [6, 6.07) is 5.25. The van der Waals surface area contributed by atoms with Gasteiger partial charge in [-0.3, -0.25) is 0 Å². The predicted molar refractivity (Wildman–Crippen MR) is 178 cm³/mol. The maximum absolute atomic E-state index is 14.8. The number of ether oxygens (including phenoxy) is 2. The van der Waals surface area contributed by atoms with Gasteiger partial charge in [0.15, 0.2) is 0 Å². The zero-order valence-corrected chi connectivity index (χ0v) is 30.8. The molecule has 1 N–H and O–H groups in total. The van der Waals surface area contributed by atoms with Crippen LogP contribution < -0.4 is 10.1 Å². The molecule has 4 aliphatic carbocycles. The van der Waals surface area contributed by atoms with Crippen LogP contribution in [-0.4, -0.2) is 86.9 Å². The van der Waals surface area contributed by atoms with E-state index in [2.05, 4.69) is 10.1 Å². The fraction of sp³-hybridized carbons (Fsp3) is 0.824. The lowest BCUT2D eigenvalue weighted by molar-refractivity contribution is -0.464. The largest absolute Gasteiger partial charge is 0.494 e. The van der Waals surface area contributed by atoms with E-state index in [0.717, 1.165) is 55.6 Å². The molecule has 0 spiro atoms. The molecule has 4 nitrogen and oxygen atoms in total. The third-order valence-electron chi connectivity index (χ3n) is 11.8. The highest BCUT2D eigenvalue weighted by atomic mass is 33.1. The number of halogens is 13. The molecule has 4 aliphatic rings. The molecule has 54 heavy (non-hydrogen) atoms. The Hall–Kier alpha value is -1.25. The fourth-order valence-electron chi connectivity index (χ4n) is 8.96. The molecule has 20 heteroatoms. The van der Waals surface area contributed by atoms with Crippen LogP contribution in [0.25, 0.3) is 0 Å². The summed E-state index contributed by atoms with van der Waals surface area (Å²) in [6.07, 6.45) is -14.5. The molecule has 3 fully saturated rings. The molecule has 5 rings (SSSR count). The van der Waals surface area contributed by atoms with Crippen molar-refractivity contribution < 1.29 is 71.2 Å². The van der Waals surface area contributed by atoms with Gasteiger partial charge >= 0.3 is 36.0 Å². The first-order valence-corrected chi connectivity index (χ1v) is 20.1. The molecule has 3 saturated carbocycles. The van der Waals surface area contributed by atoms with Gasteiger partial charge in [0.05, 0.1) is 13.2 Å². The number of aryl methyl sites for hydroxylation is 1. The molecule has 0 aromatic heterocycles. The van der Waals surface area contributed by atoms with E-state index in [1.807, 2.05) is 46.7 Å². The summed E-state index contributed by atoms with van der Waals surface area (Å²) in [6.45, 7) is -3.01. The van der Waals surface area contributed by atoms with Gasteiger partial charge in [-0.2, -0.15) is 57.1 Å². The van der Waals surface area contributed by atoms with Crippen molar-refractivity contribution in [1.29, 1.82) is 0 Å². The summed E-state index contributed by atoms with van der Waals surface area (Å²) in [5.41, 5.74) is -5.44. The Morgan fingerprint density at radius 2 is 1.54 bits per heavy atom. The number of hydrogen-bond acceptors (Lipinski definition) is 6. The first-order chi connectivity index (χ1) is 25.0. The van der Waals surface area contributed by atoms with Crippen molar-refractivity contribution >= 4 is 29.6 Å². The normalized spacial score (nSPS) is 29.5. The van der Waals surface area contributed by atoms with Gasteiger partial charge in [0.1, 0.15) is 12.4 Å². The van der Waals surface area contributed by atoms with Gasteiger partial charge in [0.2, 0.25) is 0 Å². The Kier molecular flexibility index (Phi) is 13.2. The van der Waals surface area contributed by atoms with Gasteiger partial charge in [-0.05, 0) is 111 Å². The second kappa shape index (κ2) is 16.2. The van der Waals surface area contributed by atoms with Crippen molar-refractivity contribution in [3.8, 4) is 5.75 Å². The van der Waals surface area contributed by atoms with E-state index in [9.17, 15) is 57.1 Å². The second-order valence-electron chi connectivity index (χ2n) is 15.0. The average Bonchev–Trinajstić information content (AvgIpc) is 3.66. The molecular formula is C34H41BF13NO3S2. The maximum Gasteiger partial charge on any atom is 0.435 e. The zero-order chi connectivity index (χ0) is 40.0. The van der Waals surface area contributed by atoms with Crippen LogP contribution in [0.15, 0.2) is 18.2 Å². The van der Waals surface area contributed by atoms with Gasteiger partial charge < -0.3 is 19.4 Å². The average molecular weight is 834 g/mol. The highest BCUT2D eigenvalue weighted by Gasteiger charge is 2.86. The van der Waals surface area contributed by atoms with Crippen molar-refractivity contribution in [3.05, 3.63) is 29.3 Å². The Labute approximate surface area is 314 Å². The van der Waals surface area contributed by atoms with E-state index >= 15 is 0 Å². The minimum absolute atomic E-state index is 0.00501. The zero-order valence-electron chi connectivity index (χ0n) is 29.1. The highest BCUT2D eigenvalue weighted by Crippen LogP contribution is 2.61. The Morgan fingerprint density at radius 1 is 0.852 bits per heavy atom. The third kappa shape index (κ3) is 8.62. The van der Waals surface area contributed by atoms with E-state index in [-0.39, 0.29) is 30.3 Å². The summed E-state index contributed by atoms with van der Waals surface area (Å²) >= 11 is 0. The van der Waals surface area contributed by atoms with E-state index in [4.69, 9.17) is 17.4 Å². The maximum atomic E-state index is 14.8. The van der Waals surface area contributed by atoms with Crippen LogP contribution in [0.1, 0.15) is 81.8 Å². The molecular weight excluding hydrogens is 792 g/mol. The van der Waals surface area contributed by atoms with Crippen molar-refractivity contribution in [3.63, 3.8) is 0 Å². The molecule has 1 aromatic rings. The first kappa shape index (κ1) is 43.9. The lowest BCUT2D eigenvalue weighted by atomic mass is 9.55. The Morgan fingerprint density at radius 3 is 2.17 bits per heavy atom. The molecule has 0 amide bonds. The molecule has 2 radical (unpaired) electrons. The second-order valence-corrected chi connectivity index (χ2v) is 17.8. The van der Waals surface area contributed by atoms with Crippen molar-refractivity contribution in [1.82, 2.24) is 5.32 Å². The van der Waals surface area contributed by atoms with Crippen molar-refractivity contribution in [2.24, 2.45) is 17.3 Å². The van der Waals surface area contributed by atoms with Crippen molar-refractivity contribution in [2.75, 3.05) is 25.5 Å². The SMILES string of the molecule is [B]OC1CCC(SSCCCOc2ccc3c(c2)CCC2C3CC[C@@]3(C)C2CC[C@@H]3NCC(F)(F)C(F)(F)COC(C(F)(F)F)(C(F)(F)F)C(F)(F)F)C1. The number of hydrogen-bond donors (Lipinski definition) is 1.